The number of ether oxygens (including phenoxy) is 2. The van der Waals surface area contributed by atoms with E-state index in [4.69, 9.17) is 13.9 Å². The molecule has 0 saturated carbocycles. The number of nitrogens with zero attached hydrogens (tertiary/aromatic N) is 3. The van der Waals surface area contributed by atoms with Gasteiger partial charge in [0.1, 0.15) is 29.0 Å². The van der Waals surface area contributed by atoms with Crippen LogP contribution in [0.1, 0.15) is 53.0 Å². The van der Waals surface area contributed by atoms with Crippen LogP contribution >= 0.6 is 0 Å². The molecule has 1 saturated heterocycles. The number of carbonyl (C=O) groups excluding carboxylic acids is 1. The number of aromatic nitrogens is 3. The van der Waals surface area contributed by atoms with E-state index in [2.05, 4.69) is 15.2 Å². The molecule has 0 bridgehead atoms. The zero-order valence-electron chi connectivity index (χ0n) is 19.9. The Balaban J connectivity index is 1.35. The molecule has 1 atom stereocenters. The van der Waals surface area contributed by atoms with Gasteiger partial charge in [-0.05, 0) is 43.5 Å². The van der Waals surface area contributed by atoms with Gasteiger partial charge in [-0.3, -0.25) is 9.89 Å². The molecule has 1 aliphatic rings. The number of amides is 1. The summed E-state index contributed by atoms with van der Waals surface area (Å²) in [6.45, 7) is 0.640. The Morgan fingerprint density at radius 1 is 1.11 bits per heavy atom. The molecule has 5 rings (SSSR count). The van der Waals surface area contributed by atoms with Crippen LogP contribution in [-0.4, -0.2) is 46.8 Å². The van der Waals surface area contributed by atoms with Crippen molar-refractivity contribution in [1.29, 1.82) is 0 Å². The Hall–Kier alpha value is -4.07. The van der Waals surface area contributed by atoms with Crippen molar-refractivity contribution in [2.24, 2.45) is 0 Å². The van der Waals surface area contributed by atoms with Crippen molar-refractivity contribution in [2.45, 2.75) is 31.7 Å². The van der Waals surface area contributed by atoms with Crippen molar-refractivity contribution in [3.8, 4) is 22.8 Å². The van der Waals surface area contributed by atoms with Gasteiger partial charge < -0.3 is 18.8 Å². The third kappa shape index (κ3) is 4.77. The van der Waals surface area contributed by atoms with E-state index in [-0.39, 0.29) is 11.9 Å². The van der Waals surface area contributed by atoms with E-state index in [1.807, 2.05) is 53.4 Å². The van der Waals surface area contributed by atoms with E-state index < -0.39 is 0 Å². The smallest absolute Gasteiger partial charge is 0.272 e. The number of benzene rings is 2. The van der Waals surface area contributed by atoms with Crippen molar-refractivity contribution >= 4 is 5.91 Å². The second-order valence-electron chi connectivity index (χ2n) is 8.56. The van der Waals surface area contributed by atoms with Crippen molar-refractivity contribution in [3.63, 3.8) is 0 Å². The van der Waals surface area contributed by atoms with Gasteiger partial charge in [-0.15, -0.1) is 0 Å². The molecule has 1 fully saturated rings. The summed E-state index contributed by atoms with van der Waals surface area (Å²) in [4.78, 5) is 19.9. The number of piperidine rings is 1. The van der Waals surface area contributed by atoms with Crippen molar-refractivity contribution in [3.05, 3.63) is 83.7 Å². The van der Waals surface area contributed by atoms with Gasteiger partial charge in [-0.25, -0.2) is 4.98 Å². The highest BCUT2D eigenvalue weighted by Gasteiger charge is 2.33. The third-order valence-corrected chi connectivity index (χ3v) is 6.35. The normalized spacial score (nSPS) is 15.7. The lowest BCUT2D eigenvalue weighted by atomic mass is 10.0. The summed E-state index contributed by atoms with van der Waals surface area (Å²) in [6, 6.07) is 17.0. The molecule has 1 aliphatic heterocycles. The van der Waals surface area contributed by atoms with E-state index >= 15 is 0 Å². The molecule has 0 aliphatic carbocycles. The monoisotopic (exact) mass is 472 g/mol. The zero-order chi connectivity index (χ0) is 24.2. The van der Waals surface area contributed by atoms with E-state index in [1.165, 1.54) is 0 Å². The topological polar surface area (TPSA) is 93.5 Å². The second kappa shape index (κ2) is 10.0. The lowest BCUT2D eigenvalue weighted by Crippen LogP contribution is -2.38. The van der Waals surface area contributed by atoms with Crippen LogP contribution in [-0.2, 0) is 6.42 Å². The highest BCUT2D eigenvalue weighted by atomic mass is 16.5. The predicted octanol–water partition coefficient (Wildman–Crippen LogP) is 5.04. The molecule has 4 aromatic rings. The first-order chi connectivity index (χ1) is 17.2. The van der Waals surface area contributed by atoms with Crippen LogP contribution in [0.5, 0.6) is 11.5 Å². The van der Waals surface area contributed by atoms with Crippen LogP contribution in [0.25, 0.3) is 11.3 Å². The second-order valence-corrected chi connectivity index (χ2v) is 8.56. The van der Waals surface area contributed by atoms with Gasteiger partial charge in [0.15, 0.2) is 0 Å². The Labute approximate surface area is 203 Å². The molecule has 35 heavy (non-hydrogen) atoms. The Morgan fingerprint density at radius 3 is 2.86 bits per heavy atom. The van der Waals surface area contributed by atoms with Crippen LogP contribution in [0.4, 0.5) is 0 Å². The van der Waals surface area contributed by atoms with Crippen LogP contribution in [0.15, 0.2) is 65.2 Å². The number of aromatic amines is 1. The fraction of sp³-hybridized carbons (Fsp3) is 0.296. The van der Waals surface area contributed by atoms with Crippen LogP contribution in [0.3, 0.4) is 0 Å². The number of rotatable bonds is 7. The van der Waals surface area contributed by atoms with E-state index in [0.29, 0.717) is 30.2 Å². The predicted molar refractivity (Wildman–Crippen MR) is 131 cm³/mol. The zero-order valence-corrected chi connectivity index (χ0v) is 19.9. The molecule has 0 spiro atoms. The number of para-hydroxylation sites is 1. The minimum absolute atomic E-state index is 0.110. The van der Waals surface area contributed by atoms with Gasteiger partial charge >= 0.3 is 0 Å². The van der Waals surface area contributed by atoms with Crippen LogP contribution < -0.4 is 9.47 Å². The molecule has 2 aromatic carbocycles. The van der Waals surface area contributed by atoms with Gasteiger partial charge in [0.25, 0.3) is 5.91 Å². The van der Waals surface area contributed by atoms with Gasteiger partial charge in [0.2, 0.25) is 5.89 Å². The number of carbonyl (C=O) groups is 1. The summed E-state index contributed by atoms with van der Waals surface area (Å²) in [5, 5.41) is 7.28. The van der Waals surface area contributed by atoms with E-state index in [1.54, 1.807) is 26.5 Å². The molecule has 0 radical (unpaired) electrons. The molecule has 8 nitrogen and oxygen atoms in total. The Bertz CT molecular complexity index is 1310. The minimum atomic E-state index is -0.216. The number of hydrogen-bond acceptors (Lipinski definition) is 6. The lowest BCUT2D eigenvalue weighted by molar-refractivity contribution is 0.0564. The molecule has 0 unspecified atom stereocenters. The van der Waals surface area contributed by atoms with E-state index in [9.17, 15) is 4.79 Å². The first kappa shape index (κ1) is 22.7. The average Bonchev–Trinajstić information content (AvgIpc) is 3.59. The summed E-state index contributed by atoms with van der Waals surface area (Å²) in [7, 11) is 3.28. The minimum Gasteiger partial charge on any atom is -0.497 e. The maximum Gasteiger partial charge on any atom is 0.272 e. The number of likely N-dealkylation sites (tertiary alicyclic amines) is 1. The maximum absolute atomic E-state index is 13.5. The van der Waals surface area contributed by atoms with Gasteiger partial charge in [0, 0.05) is 24.1 Å². The highest BCUT2D eigenvalue weighted by molar-refractivity contribution is 5.93. The number of nitrogens with one attached hydrogen (secondary N) is 1. The molecule has 180 valence electrons. The molecule has 8 heteroatoms. The summed E-state index contributed by atoms with van der Waals surface area (Å²) in [6.07, 6.45) is 5.07. The maximum atomic E-state index is 13.5. The summed E-state index contributed by atoms with van der Waals surface area (Å²) < 4.78 is 16.9. The summed E-state index contributed by atoms with van der Waals surface area (Å²) >= 11 is 0. The fourth-order valence-electron chi connectivity index (χ4n) is 4.54. The lowest BCUT2D eigenvalue weighted by Gasteiger charge is -2.33. The van der Waals surface area contributed by atoms with Crippen LogP contribution in [0.2, 0.25) is 0 Å². The number of methoxy groups -OCH3 is 2. The van der Waals surface area contributed by atoms with Gasteiger partial charge in [-0.1, -0.05) is 30.3 Å². The largest absolute Gasteiger partial charge is 0.497 e. The van der Waals surface area contributed by atoms with Gasteiger partial charge in [0.05, 0.1) is 26.1 Å². The Morgan fingerprint density at radius 2 is 2.00 bits per heavy atom. The highest BCUT2D eigenvalue weighted by Crippen LogP contribution is 2.33. The Kier molecular flexibility index (Phi) is 6.52. The molecular formula is C27H28N4O4. The van der Waals surface area contributed by atoms with Crippen molar-refractivity contribution < 1.29 is 18.7 Å². The SMILES string of the molecule is COc1cccc(-c2cc(C(=O)N3CCCC[C@H]3c3ncc(Cc4ccccc4OC)o3)[nH]n2)c1. The standard InChI is InChI=1S/C27H28N4O4/c1-33-20-10-7-9-18(14-20)22-16-23(30-29-22)27(32)31-13-6-5-11-24(31)26-28-17-21(35-26)15-19-8-3-4-12-25(19)34-2/h3-4,7-10,12,14,16-17,24H,5-6,11,13,15H2,1-2H3,(H,29,30)/t24-/m0/s1. The van der Waals surface area contributed by atoms with Crippen molar-refractivity contribution in [1.82, 2.24) is 20.1 Å². The molecule has 3 heterocycles. The molecule has 1 N–H and O–H groups in total. The fourth-order valence-corrected chi connectivity index (χ4v) is 4.54. The number of H-pyrrole nitrogens is 1. The van der Waals surface area contributed by atoms with Crippen molar-refractivity contribution in [2.75, 3.05) is 20.8 Å². The molecular weight excluding hydrogens is 444 g/mol. The molecule has 2 aromatic heterocycles. The third-order valence-electron chi connectivity index (χ3n) is 6.35. The number of hydrogen-bond donors (Lipinski definition) is 1. The van der Waals surface area contributed by atoms with E-state index in [0.717, 1.165) is 47.6 Å². The average molecular weight is 473 g/mol. The van der Waals surface area contributed by atoms with Crippen LogP contribution in [0, 0.1) is 0 Å². The first-order valence-corrected chi connectivity index (χ1v) is 11.7. The summed E-state index contributed by atoms with van der Waals surface area (Å²) in [5.74, 6) is 2.74. The molecule has 1 amide bonds. The number of oxazole rings is 1. The van der Waals surface area contributed by atoms with Gasteiger partial charge in [-0.2, -0.15) is 5.10 Å². The summed E-state index contributed by atoms with van der Waals surface area (Å²) in [5.41, 5.74) is 3.03. The first-order valence-electron chi connectivity index (χ1n) is 11.7. The quantitative estimate of drug-likeness (QED) is 0.405.